The van der Waals surface area contributed by atoms with E-state index in [9.17, 15) is 4.79 Å². The Bertz CT molecular complexity index is 648. The van der Waals surface area contributed by atoms with Crippen LogP contribution in [0.3, 0.4) is 0 Å². The molecule has 2 aromatic heterocycles. The summed E-state index contributed by atoms with van der Waals surface area (Å²) in [6.07, 6.45) is 6.48. The number of carbonyl (C=O) groups is 1. The molecule has 1 amide bonds. The van der Waals surface area contributed by atoms with E-state index < -0.39 is 0 Å². The number of rotatable bonds is 5. The molecule has 2 heterocycles. The monoisotopic (exact) mass is 292 g/mol. The second-order valence-electron chi connectivity index (χ2n) is 5.37. The van der Waals surface area contributed by atoms with Crippen LogP contribution in [0.2, 0.25) is 5.15 Å². The number of halogens is 1. The lowest BCUT2D eigenvalue weighted by Gasteiger charge is -2.05. The SMILES string of the molecule is Cc1cc(Cl)nn2c(C(=O)NCCCC3CC3)cnc12. The summed E-state index contributed by atoms with van der Waals surface area (Å²) in [4.78, 5) is 16.4. The van der Waals surface area contributed by atoms with E-state index in [1.807, 2.05) is 6.92 Å². The molecular weight excluding hydrogens is 276 g/mol. The minimum atomic E-state index is -0.150. The number of aryl methyl sites for hydroxylation is 1. The van der Waals surface area contributed by atoms with E-state index in [4.69, 9.17) is 11.6 Å². The molecule has 1 aliphatic carbocycles. The number of hydrogen-bond donors (Lipinski definition) is 1. The second-order valence-corrected chi connectivity index (χ2v) is 5.76. The van der Waals surface area contributed by atoms with Crippen molar-refractivity contribution in [2.24, 2.45) is 5.92 Å². The van der Waals surface area contributed by atoms with Gasteiger partial charge in [-0.2, -0.15) is 5.10 Å². The Morgan fingerprint density at radius 3 is 3.10 bits per heavy atom. The van der Waals surface area contributed by atoms with Crippen LogP contribution < -0.4 is 5.32 Å². The van der Waals surface area contributed by atoms with Gasteiger partial charge in [0.2, 0.25) is 0 Å². The van der Waals surface area contributed by atoms with Crippen molar-refractivity contribution in [1.29, 1.82) is 0 Å². The molecular formula is C14H17ClN4O. The molecule has 0 bridgehead atoms. The zero-order chi connectivity index (χ0) is 14.1. The molecule has 0 aromatic carbocycles. The Hall–Kier alpha value is -1.62. The first-order chi connectivity index (χ1) is 9.65. The smallest absolute Gasteiger partial charge is 0.271 e. The van der Waals surface area contributed by atoms with Crippen LogP contribution in [-0.4, -0.2) is 27.0 Å². The van der Waals surface area contributed by atoms with Gasteiger partial charge in [0.05, 0.1) is 6.20 Å². The van der Waals surface area contributed by atoms with Crippen molar-refractivity contribution >= 4 is 23.2 Å². The molecule has 3 rings (SSSR count). The van der Waals surface area contributed by atoms with Crippen molar-refractivity contribution in [3.8, 4) is 0 Å². The van der Waals surface area contributed by atoms with Crippen molar-refractivity contribution in [3.63, 3.8) is 0 Å². The number of amides is 1. The van der Waals surface area contributed by atoms with E-state index in [0.717, 1.165) is 17.9 Å². The summed E-state index contributed by atoms with van der Waals surface area (Å²) in [6.45, 7) is 2.59. The minimum Gasteiger partial charge on any atom is -0.351 e. The first-order valence-corrected chi connectivity index (χ1v) is 7.32. The molecule has 0 radical (unpaired) electrons. The lowest BCUT2D eigenvalue weighted by molar-refractivity contribution is 0.0946. The normalized spacial score (nSPS) is 14.7. The van der Waals surface area contributed by atoms with E-state index in [0.29, 0.717) is 23.0 Å². The molecule has 1 fully saturated rings. The lowest BCUT2D eigenvalue weighted by atomic mass is 10.2. The van der Waals surface area contributed by atoms with Crippen LogP contribution in [-0.2, 0) is 0 Å². The largest absolute Gasteiger partial charge is 0.351 e. The highest BCUT2D eigenvalue weighted by Crippen LogP contribution is 2.33. The molecule has 6 heteroatoms. The summed E-state index contributed by atoms with van der Waals surface area (Å²) in [5.74, 6) is 0.744. The number of aromatic nitrogens is 3. The summed E-state index contributed by atoms with van der Waals surface area (Å²) in [6, 6.07) is 1.74. The average molecular weight is 293 g/mol. The fraction of sp³-hybridized carbons (Fsp3) is 0.500. The van der Waals surface area contributed by atoms with Crippen molar-refractivity contribution in [2.75, 3.05) is 6.54 Å². The summed E-state index contributed by atoms with van der Waals surface area (Å²) < 4.78 is 1.51. The molecule has 0 spiro atoms. The minimum absolute atomic E-state index is 0.150. The highest BCUT2D eigenvalue weighted by molar-refractivity contribution is 6.29. The maximum atomic E-state index is 12.1. The molecule has 0 aliphatic heterocycles. The number of nitrogens with zero attached hydrogens (tertiary/aromatic N) is 3. The third-order valence-corrected chi connectivity index (χ3v) is 3.81. The molecule has 2 aromatic rings. The summed E-state index contributed by atoms with van der Waals surface area (Å²) in [5, 5.41) is 7.42. The molecule has 1 aliphatic rings. The highest BCUT2D eigenvalue weighted by atomic mass is 35.5. The van der Waals surface area contributed by atoms with Crippen LogP contribution in [0.4, 0.5) is 0 Å². The van der Waals surface area contributed by atoms with Crippen LogP contribution in [0.15, 0.2) is 12.3 Å². The van der Waals surface area contributed by atoms with Crippen LogP contribution in [0.1, 0.15) is 41.7 Å². The average Bonchev–Trinajstić information content (AvgIpc) is 3.12. The predicted molar refractivity (Wildman–Crippen MR) is 77.0 cm³/mol. The van der Waals surface area contributed by atoms with Gasteiger partial charge in [0.25, 0.3) is 5.91 Å². The van der Waals surface area contributed by atoms with Gasteiger partial charge in [0.15, 0.2) is 11.3 Å². The zero-order valence-electron chi connectivity index (χ0n) is 11.4. The summed E-state index contributed by atoms with van der Waals surface area (Å²) in [7, 11) is 0. The topological polar surface area (TPSA) is 59.3 Å². The Balaban J connectivity index is 1.70. The number of hydrogen-bond acceptors (Lipinski definition) is 3. The first kappa shape index (κ1) is 13.4. The van der Waals surface area contributed by atoms with Gasteiger partial charge in [-0.25, -0.2) is 9.50 Å². The van der Waals surface area contributed by atoms with Gasteiger partial charge < -0.3 is 5.32 Å². The number of carbonyl (C=O) groups excluding carboxylic acids is 1. The van der Waals surface area contributed by atoms with Crippen molar-refractivity contribution in [3.05, 3.63) is 28.7 Å². The van der Waals surface area contributed by atoms with Crippen LogP contribution in [0.25, 0.3) is 5.65 Å². The summed E-state index contributed by atoms with van der Waals surface area (Å²) >= 11 is 5.93. The van der Waals surface area contributed by atoms with Crippen LogP contribution >= 0.6 is 11.6 Å². The molecule has 1 saturated carbocycles. The third-order valence-electron chi connectivity index (χ3n) is 3.63. The van der Waals surface area contributed by atoms with Gasteiger partial charge in [-0.05, 0) is 37.3 Å². The molecule has 20 heavy (non-hydrogen) atoms. The van der Waals surface area contributed by atoms with Gasteiger partial charge in [0.1, 0.15) is 5.15 Å². The van der Waals surface area contributed by atoms with Gasteiger partial charge in [-0.15, -0.1) is 0 Å². The first-order valence-electron chi connectivity index (χ1n) is 6.94. The fourth-order valence-electron chi connectivity index (χ4n) is 2.33. The van der Waals surface area contributed by atoms with Crippen molar-refractivity contribution < 1.29 is 4.79 Å². The van der Waals surface area contributed by atoms with Crippen molar-refractivity contribution in [1.82, 2.24) is 19.9 Å². The second kappa shape index (κ2) is 5.40. The van der Waals surface area contributed by atoms with E-state index >= 15 is 0 Å². The zero-order valence-corrected chi connectivity index (χ0v) is 12.2. The van der Waals surface area contributed by atoms with E-state index in [1.54, 1.807) is 12.3 Å². The van der Waals surface area contributed by atoms with E-state index in [-0.39, 0.29) is 5.91 Å². The lowest BCUT2D eigenvalue weighted by Crippen LogP contribution is -2.26. The predicted octanol–water partition coefficient (Wildman–Crippen LogP) is 2.61. The third kappa shape index (κ3) is 2.77. The van der Waals surface area contributed by atoms with E-state index in [2.05, 4.69) is 15.4 Å². The molecule has 0 saturated heterocycles. The van der Waals surface area contributed by atoms with Gasteiger partial charge in [-0.3, -0.25) is 4.79 Å². The highest BCUT2D eigenvalue weighted by Gasteiger charge is 2.20. The van der Waals surface area contributed by atoms with Crippen LogP contribution in [0.5, 0.6) is 0 Å². The quantitative estimate of drug-likeness (QED) is 0.862. The van der Waals surface area contributed by atoms with E-state index in [1.165, 1.54) is 23.8 Å². The Labute approximate surface area is 122 Å². The Kier molecular flexibility index (Phi) is 3.61. The molecule has 0 unspecified atom stereocenters. The molecule has 5 nitrogen and oxygen atoms in total. The number of fused-ring (bicyclic) bond motifs is 1. The summed E-state index contributed by atoms with van der Waals surface area (Å²) in [5.41, 5.74) is 1.99. The standard InChI is InChI=1S/C14H17ClN4O/c1-9-7-12(15)18-19-11(8-17-13(9)19)14(20)16-6-2-3-10-4-5-10/h7-8,10H,2-6H2,1H3,(H,16,20). The van der Waals surface area contributed by atoms with Crippen molar-refractivity contribution in [2.45, 2.75) is 32.6 Å². The molecule has 106 valence electrons. The Morgan fingerprint density at radius 1 is 1.55 bits per heavy atom. The molecule has 0 atom stereocenters. The number of nitrogens with one attached hydrogen (secondary N) is 1. The maximum absolute atomic E-state index is 12.1. The molecule has 1 N–H and O–H groups in total. The van der Waals surface area contributed by atoms with Crippen LogP contribution in [0, 0.1) is 12.8 Å². The Morgan fingerprint density at radius 2 is 2.35 bits per heavy atom. The van der Waals surface area contributed by atoms with Gasteiger partial charge >= 0.3 is 0 Å². The van der Waals surface area contributed by atoms with Gasteiger partial charge in [-0.1, -0.05) is 24.4 Å². The number of imidazole rings is 1. The van der Waals surface area contributed by atoms with Gasteiger partial charge in [0, 0.05) is 6.54 Å². The fourth-order valence-corrected chi connectivity index (χ4v) is 2.57. The maximum Gasteiger partial charge on any atom is 0.271 e.